The SMILES string of the molecule is CCC(C(N)=O)N1CCCN(CC(C)CN)CC1. The predicted octanol–water partition coefficient (Wildman–Crippen LogP) is -0.147. The zero-order valence-corrected chi connectivity index (χ0v) is 11.8. The second kappa shape index (κ2) is 7.71. The van der Waals surface area contributed by atoms with E-state index in [0.717, 1.165) is 52.1 Å². The Labute approximate surface area is 110 Å². The lowest BCUT2D eigenvalue weighted by molar-refractivity contribution is -0.123. The summed E-state index contributed by atoms with van der Waals surface area (Å²) in [6.45, 7) is 9.99. The molecule has 1 heterocycles. The van der Waals surface area contributed by atoms with Gasteiger partial charge in [-0.05, 0) is 31.8 Å². The molecule has 5 heteroatoms. The van der Waals surface area contributed by atoms with Crippen LogP contribution in [0.3, 0.4) is 0 Å². The van der Waals surface area contributed by atoms with Crippen molar-refractivity contribution in [3.63, 3.8) is 0 Å². The number of carbonyl (C=O) groups is 1. The van der Waals surface area contributed by atoms with E-state index in [-0.39, 0.29) is 11.9 Å². The molecule has 0 aromatic carbocycles. The summed E-state index contributed by atoms with van der Waals surface area (Å²) in [6.07, 6.45) is 1.90. The third-order valence-electron chi connectivity index (χ3n) is 3.75. The van der Waals surface area contributed by atoms with Crippen LogP contribution in [0.1, 0.15) is 26.7 Å². The van der Waals surface area contributed by atoms with Gasteiger partial charge in [0.15, 0.2) is 0 Å². The molecule has 0 bridgehead atoms. The lowest BCUT2D eigenvalue weighted by Crippen LogP contribution is -2.46. The standard InChI is InChI=1S/C13H28N4O/c1-3-12(13(15)18)17-6-4-5-16(7-8-17)10-11(2)9-14/h11-12H,3-10,14H2,1-2H3,(H2,15,18). The van der Waals surface area contributed by atoms with Crippen LogP contribution in [-0.4, -0.2) is 61.0 Å². The number of primary amides is 1. The zero-order valence-electron chi connectivity index (χ0n) is 11.8. The van der Waals surface area contributed by atoms with E-state index in [1.165, 1.54) is 0 Å². The highest BCUT2D eigenvalue weighted by atomic mass is 16.1. The van der Waals surface area contributed by atoms with Crippen molar-refractivity contribution in [2.75, 3.05) is 39.3 Å². The van der Waals surface area contributed by atoms with Crippen LogP contribution in [0, 0.1) is 5.92 Å². The van der Waals surface area contributed by atoms with Gasteiger partial charge in [-0.15, -0.1) is 0 Å². The Morgan fingerprint density at radius 1 is 1.28 bits per heavy atom. The molecule has 1 aliphatic heterocycles. The summed E-state index contributed by atoms with van der Waals surface area (Å²) >= 11 is 0. The fourth-order valence-electron chi connectivity index (χ4n) is 2.64. The Kier molecular flexibility index (Phi) is 6.60. The van der Waals surface area contributed by atoms with Gasteiger partial charge >= 0.3 is 0 Å². The molecular formula is C13H28N4O. The van der Waals surface area contributed by atoms with Crippen LogP contribution in [0.2, 0.25) is 0 Å². The Bertz CT molecular complexity index is 259. The first-order chi connectivity index (χ1) is 8.58. The fraction of sp³-hybridized carbons (Fsp3) is 0.923. The Hall–Kier alpha value is -0.650. The van der Waals surface area contributed by atoms with E-state index >= 15 is 0 Å². The second-order valence-electron chi connectivity index (χ2n) is 5.36. The van der Waals surface area contributed by atoms with Crippen LogP contribution in [0.15, 0.2) is 0 Å². The average Bonchev–Trinajstić information content (AvgIpc) is 2.56. The number of hydrogen-bond acceptors (Lipinski definition) is 4. The van der Waals surface area contributed by atoms with Gasteiger partial charge in [0.1, 0.15) is 0 Å². The molecule has 0 spiro atoms. The highest BCUT2D eigenvalue weighted by Gasteiger charge is 2.24. The van der Waals surface area contributed by atoms with Crippen molar-refractivity contribution in [3.8, 4) is 0 Å². The van der Waals surface area contributed by atoms with E-state index in [0.29, 0.717) is 5.92 Å². The molecule has 2 unspecified atom stereocenters. The normalized spacial score (nSPS) is 22.4. The molecule has 18 heavy (non-hydrogen) atoms. The first kappa shape index (κ1) is 15.4. The van der Waals surface area contributed by atoms with E-state index < -0.39 is 0 Å². The number of hydrogen-bond donors (Lipinski definition) is 2. The monoisotopic (exact) mass is 256 g/mol. The molecule has 0 saturated carbocycles. The van der Waals surface area contributed by atoms with Crippen LogP contribution in [0.25, 0.3) is 0 Å². The molecule has 1 fully saturated rings. The molecule has 0 aliphatic carbocycles. The number of rotatable bonds is 6. The fourth-order valence-corrected chi connectivity index (χ4v) is 2.64. The maximum atomic E-state index is 11.4. The maximum Gasteiger partial charge on any atom is 0.234 e. The molecule has 0 aromatic heterocycles. The van der Waals surface area contributed by atoms with Crippen LogP contribution in [0.5, 0.6) is 0 Å². The lowest BCUT2D eigenvalue weighted by Gasteiger charge is -2.27. The van der Waals surface area contributed by atoms with Crippen molar-refractivity contribution in [3.05, 3.63) is 0 Å². The third-order valence-corrected chi connectivity index (χ3v) is 3.75. The van der Waals surface area contributed by atoms with Crippen LogP contribution in [0.4, 0.5) is 0 Å². The van der Waals surface area contributed by atoms with E-state index in [9.17, 15) is 4.79 Å². The van der Waals surface area contributed by atoms with Gasteiger partial charge in [0.05, 0.1) is 6.04 Å². The smallest absolute Gasteiger partial charge is 0.234 e. The predicted molar refractivity (Wildman–Crippen MR) is 74.1 cm³/mol. The van der Waals surface area contributed by atoms with Gasteiger partial charge in [0.25, 0.3) is 0 Å². The summed E-state index contributed by atoms with van der Waals surface area (Å²) in [6, 6.07) is -0.100. The zero-order chi connectivity index (χ0) is 13.5. The molecule has 1 rings (SSSR count). The van der Waals surface area contributed by atoms with E-state index in [1.54, 1.807) is 0 Å². The number of carbonyl (C=O) groups excluding carboxylic acids is 1. The summed E-state index contributed by atoms with van der Waals surface area (Å²) in [5.41, 5.74) is 11.1. The number of amides is 1. The topological polar surface area (TPSA) is 75.6 Å². The molecule has 1 amide bonds. The van der Waals surface area contributed by atoms with Crippen molar-refractivity contribution in [1.29, 1.82) is 0 Å². The van der Waals surface area contributed by atoms with Crippen molar-refractivity contribution in [2.24, 2.45) is 17.4 Å². The minimum atomic E-state index is -0.193. The minimum absolute atomic E-state index is 0.100. The molecule has 4 N–H and O–H groups in total. The van der Waals surface area contributed by atoms with Crippen molar-refractivity contribution in [2.45, 2.75) is 32.7 Å². The van der Waals surface area contributed by atoms with Crippen molar-refractivity contribution >= 4 is 5.91 Å². The van der Waals surface area contributed by atoms with E-state index in [4.69, 9.17) is 11.5 Å². The van der Waals surface area contributed by atoms with Crippen LogP contribution < -0.4 is 11.5 Å². The van der Waals surface area contributed by atoms with E-state index in [1.807, 2.05) is 6.92 Å². The molecular weight excluding hydrogens is 228 g/mol. The molecule has 5 nitrogen and oxygen atoms in total. The summed E-state index contributed by atoms with van der Waals surface area (Å²) in [5, 5.41) is 0. The van der Waals surface area contributed by atoms with Crippen molar-refractivity contribution < 1.29 is 4.79 Å². The summed E-state index contributed by atoms with van der Waals surface area (Å²) < 4.78 is 0. The average molecular weight is 256 g/mol. The van der Waals surface area contributed by atoms with Gasteiger partial charge in [0, 0.05) is 26.2 Å². The van der Waals surface area contributed by atoms with Crippen LogP contribution in [-0.2, 0) is 4.79 Å². The summed E-state index contributed by atoms with van der Waals surface area (Å²) in [7, 11) is 0. The molecule has 1 aliphatic rings. The lowest BCUT2D eigenvalue weighted by atomic mass is 10.1. The van der Waals surface area contributed by atoms with Crippen molar-refractivity contribution in [1.82, 2.24) is 9.80 Å². The Balaban J connectivity index is 2.47. The van der Waals surface area contributed by atoms with Gasteiger partial charge in [0.2, 0.25) is 5.91 Å². The Morgan fingerprint density at radius 2 is 2.00 bits per heavy atom. The highest BCUT2D eigenvalue weighted by molar-refractivity contribution is 5.79. The maximum absolute atomic E-state index is 11.4. The quantitative estimate of drug-likeness (QED) is 0.693. The third kappa shape index (κ3) is 4.55. The molecule has 2 atom stereocenters. The summed E-state index contributed by atoms with van der Waals surface area (Å²) in [5.74, 6) is 0.343. The molecule has 0 aromatic rings. The van der Waals surface area contributed by atoms with Gasteiger partial charge in [-0.25, -0.2) is 0 Å². The number of nitrogens with zero attached hydrogens (tertiary/aromatic N) is 2. The summed E-state index contributed by atoms with van der Waals surface area (Å²) in [4.78, 5) is 16.1. The van der Waals surface area contributed by atoms with Gasteiger partial charge in [-0.2, -0.15) is 0 Å². The first-order valence-electron chi connectivity index (χ1n) is 7.04. The van der Waals surface area contributed by atoms with E-state index in [2.05, 4.69) is 16.7 Å². The van der Waals surface area contributed by atoms with Gasteiger partial charge < -0.3 is 16.4 Å². The second-order valence-corrected chi connectivity index (χ2v) is 5.36. The minimum Gasteiger partial charge on any atom is -0.368 e. The first-order valence-corrected chi connectivity index (χ1v) is 7.04. The Morgan fingerprint density at radius 3 is 2.56 bits per heavy atom. The molecule has 106 valence electrons. The van der Waals surface area contributed by atoms with Gasteiger partial charge in [-0.1, -0.05) is 13.8 Å². The van der Waals surface area contributed by atoms with Crippen LogP contribution >= 0.6 is 0 Å². The number of nitrogens with two attached hydrogens (primary N) is 2. The molecule has 1 saturated heterocycles. The largest absolute Gasteiger partial charge is 0.368 e. The highest BCUT2D eigenvalue weighted by Crippen LogP contribution is 2.10. The van der Waals surface area contributed by atoms with Gasteiger partial charge in [-0.3, -0.25) is 9.69 Å². The molecule has 0 radical (unpaired) electrons.